The first-order chi connectivity index (χ1) is 7.31. The highest BCUT2D eigenvalue weighted by molar-refractivity contribution is 9.09. The van der Waals surface area contributed by atoms with E-state index < -0.39 is 0 Å². The van der Waals surface area contributed by atoms with Gasteiger partial charge in [-0.25, -0.2) is 4.98 Å². The van der Waals surface area contributed by atoms with Crippen LogP contribution in [0.1, 0.15) is 25.1 Å². The second-order valence-corrected chi connectivity index (χ2v) is 4.72. The van der Waals surface area contributed by atoms with Crippen molar-refractivity contribution in [3.8, 4) is 0 Å². The van der Waals surface area contributed by atoms with E-state index in [1.165, 1.54) is 25.8 Å². The maximum Gasteiger partial charge on any atom is 0.140 e. The van der Waals surface area contributed by atoms with Crippen molar-refractivity contribution in [2.24, 2.45) is 7.05 Å². The molecule has 2 heterocycles. The molecule has 5 heteroatoms. The molecule has 1 aliphatic heterocycles. The minimum absolute atomic E-state index is 0.662. The lowest BCUT2D eigenvalue weighted by molar-refractivity contribution is 0.151. The van der Waals surface area contributed by atoms with E-state index in [1.807, 2.05) is 11.7 Å². The molecule has 0 aliphatic carbocycles. The van der Waals surface area contributed by atoms with E-state index in [4.69, 9.17) is 0 Å². The molecule has 0 amide bonds. The lowest BCUT2D eigenvalue weighted by Crippen LogP contribution is -2.40. The predicted octanol–water partition coefficient (Wildman–Crippen LogP) is 1.56. The number of halogens is 1. The van der Waals surface area contributed by atoms with Gasteiger partial charge < -0.3 is 0 Å². The van der Waals surface area contributed by atoms with E-state index in [2.05, 4.69) is 30.9 Å². The molecule has 1 saturated heterocycles. The molecule has 1 aliphatic rings. The van der Waals surface area contributed by atoms with Gasteiger partial charge in [0.05, 0.1) is 6.54 Å². The molecule has 1 unspecified atom stereocenters. The smallest absolute Gasteiger partial charge is 0.140 e. The second-order valence-electron chi connectivity index (χ2n) is 4.07. The van der Waals surface area contributed by atoms with Crippen LogP contribution >= 0.6 is 15.9 Å². The van der Waals surface area contributed by atoms with Crippen molar-refractivity contribution in [3.63, 3.8) is 0 Å². The van der Waals surface area contributed by atoms with Gasteiger partial charge in [0.2, 0.25) is 0 Å². The standard InChI is InChI=1S/C10H17BrN4/c1-14-10(12-8-13-14)7-15-5-3-2-4-9(15)6-11/h8-9H,2-7H2,1H3. The van der Waals surface area contributed by atoms with Gasteiger partial charge in [0.1, 0.15) is 12.2 Å². The monoisotopic (exact) mass is 272 g/mol. The van der Waals surface area contributed by atoms with Crippen molar-refractivity contribution in [1.29, 1.82) is 0 Å². The van der Waals surface area contributed by atoms with Crippen LogP contribution in [0.15, 0.2) is 6.33 Å². The molecular weight excluding hydrogens is 256 g/mol. The highest BCUT2D eigenvalue weighted by atomic mass is 79.9. The van der Waals surface area contributed by atoms with E-state index in [0.29, 0.717) is 6.04 Å². The highest BCUT2D eigenvalue weighted by Crippen LogP contribution is 2.20. The summed E-state index contributed by atoms with van der Waals surface area (Å²) in [6.07, 6.45) is 5.58. The van der Waals surface area contributed by atoms with Crippen molar-refractivity contribution < 1.29 is 0 Å². The predicted molar refractivity (Wildman–Crippen MR) is 62.8 cm³/mol. The molecule has 15 heavy (non-hydrogen) atoms. The van der Waals surface area contributed by atoms with E-state index >= 15 is 0 Å². The molecule has 0 saturated carbocycles. The number of likely N-dealkylation sites (tertiary alicyclic amines) is 1. The Morgan fingerprint density at radius 1 is 1.53 bits per heavy atom. The molecule has 2 rings (SSSR count). The van der Waals surface area contributed by atoms with Crippen molar-refractivity contribution >= 4 is 15.9 Å². The minimum Gasteiger partial charge on any atom is -0.292 e. The average molecular weight is 273 g/mol. The molecule has 1 aromatic heterocycles. The summed E-state index contributed by atoms with van der Waals surface area (Å²) in [6.45, 7) is 2.11. The fourth-order valence-electron chi connectivity index (χ4n) is 2.09. The number of aryl methyl sites for hydroxylation is 1. The van der Waals surface area contributed by atoms with E-state index in [9.17, 15) is 0 Å². The number of piperidine rings is 1. The van der Waals surface area contributed by atoms with Crippen molar-refractivity contribution in [3.05, 3.63) is 12.2 Å². The van der Waals surface area contributed by atoms with Gasteiger partial charge in [0.15, 0.2) is 0 Å². The van der Waals surface area contributed by atoms with Gasteiger partial charge in [0.25, 0.3) is 0 Å². The number of aromatic nitrogens is 3. The molecule has 4 nitrogen and oxygen atoms in total. The summed E-state index contributed by atoms with van der Waals surface area (Å²) in [4.78, 5) is 6.78. The Balaban J connectivity index is 2.00. The summed E-state index contributed by atoms with van der Waals surface area (Å²) in [5, 5.41) is 5.16. The normalized spacial score (nSPS) is 23.2. The second kappa shape index (κ2) is 5.07. The maximum atomic E-state index is 4.27. The lowest BCUT2D eigenvalue weighted by atomic mass is 10.0. The Labute approximate surface area is 98.8 Å². The fraction of sp³-hybridized carbons (Fsp3) is 0.800. The third-order valence-electron chi connectivity index (χ3n) is 3.08. The van der Waals surface area contributed by atoms with Gasteiger partial charge in [-0.05, 0) is 19.4 Å². The zero-order valence-electron chi connectivity index (χ0n) is 9.06. The van der Waals surface area contributed by atoms with Gasteiger partial charge in [-0.3, -0.25) is 9.58 Å². The summed E-state index contributed by atoms with van der Waals surface area (Å²) in [5.74, 6) is 1.06. The van der Waals surface area contributed by atoms with Crippen LogP contribution in [0.25, 0.3) is 0 Å². The fourth-order valence-corrected chi connectivity index (χ4v) is 2.82. The molecule has 0 bridgehead atoms. The van der Waals surface area contributed by atoms with Crippen LogP contribution in [0.2, 0.25) is 0 Å². The van der Waals surface area contributed by atoms with Crippen LogP contribution in [0.5, 0.6) is 0 Å². The zero-order chi connectivity index (χ0) is 10.7. The molecule has 0 aromatic carbocycles. The summed E-state index contributed by atoms with van der Waals surface area (Å²) in [6, 6.07) is 0.662. The van der Waals surface area contributed by atoms with Crippen LogP contribution in [-0.4, -0.2) is 37.6 Å². The number of alkyl halides is 1. The lowest BCUT2D eigenvalue weighted by Gasteiger charge is -2.34. The summed E-state index contributed by atoms with van der Waals surface area (Å²) >= 11 is 3.59. The first kappa shape index (κ1) is 11.1. The third kappa shape index (κ3) is 2.58. The molecule has 0 radical (unpaired) electrons. The number of rotatable bonds is 3. The molecule has 1 aromatic rings. The van der Waals surface area contributed by atoms with Crippen LogP contribution in [0.4, 0.5) is 0 Å². The molecule has 1 fully saturated rings. The van der Waals surface area contributed by atoms with E-state index in [1.54, 1.807) is 6.33 Å². The molecule has 84 valence electrons. The Hall–Kier alpha value is -0.420. The van der Waals surface area contributed by atoms with Crippen molar-refractivity contribution in [1.82, 2.24) is 19.7 Å². The third-order valence-corrected chi connectivity index (χ3v) is 3.82. The van der Waals surface area contributed by atoms with E-state index in [0.717, 1.165) is 17.7 Å². The Kier molecular flexibility index (Phi) is 3.75. The summed E-state index contributed by atoms with van der Waals surface area (Å²) < 4.78 is 1.86. The first-order valence-corrected chi connectivity index (χ1v) is 6.56. The molecule has 0 N–H and O–H groups in total. The number of hydrogen-bond acceptors (Lipinski definition) is 3. The van der Waals surface area contributed by atoms with Gasteiger partial charge in [-0.15, -0.1) is 0 Å². The summed E-state index contributed by atoms with van der Waals surface area (Å²) in [7, 11) is 1.95. The number of nitrogens with zero attached hydrogens (tertiary/aromatic N) is 4. The van der Waals surface area contributed by atoms with Crippen molar-refractivity contribution in [2.45, 2.75) is 31.8 Å². The minimum atomic E-state index is 0.662. The van der Waals surface area contributed by atoms with Gasteiger partial charge >= 0.3 is 0 Å². The molecule has 0 spiro atoms. The van der Waals surface area contributed by atoms with Crippen LogP contribution < -0.4 is 0 Å². The zero-order valence-corrected chi connectivity index (χ0v) is 10.7. The van der Waals surface area contributed by atoms with E-state index in [-0.39, 0.29) is 0 Å². The molecule has 1 atom stereocenters. The van der Waals surface area contributed by atoms with Crippen LogP contribution in [0, 0.1) is 0 Å². The van der Waals surface area contributed by atoms with Crippen molar-refractivity contribution in [2.75, 3.05) is 11.9 Å². The number of hydrogen-bond donors (Lipinski definition) is 0. The SMILES string of the molecule is Cn1ncnc1CN1CCCCC1CBr. The maximum absolute atomic E-state index is 4.27. The average Bonchev–Trinajstić information content (AvgIpc) is 2.65. The molecular formula is C10H17BrN4. The van der Waals surface area contributed by atoms with Gasteiger partial charge in [-0.1, -0.05) is 22.4 Å². The quantitative estimate of drug-likeness (QED) is 0.784. The van der Waals surface area contributed by atoms with Crippen LogP contribution in [-0.2, 0) is 13.6 Å². The Morgan fingerprint density at radius 3 is 3.07 bits per heavy atom. The Bertz CT molecular complexity index is 312. The van der Waals surface area contributed by atoms with Gasteiger partial charge in [-0.2, -0.15) is 5.10 Å². The highest BCUT2D eigenvalue weighted by Gasteiger charge is 2.22. The summed E-state index contributed by atoms with van der Waals surface area (Å²) in [5.41, 5.74) is 0. The van der Waals surface area contributed by atoms with Crippen LogP contribution in [0.3, 0.4) is 0 Å². The van der Waals surface area contributed by atoms with Gasteiger partial charge in [0, 0.05) is 18.4 Å². The Morgan fingerprint density at radius 2 is 2.40 bits per heavy atom. The first-order valence-electron chi connectivity index (χ1n) is 5.44. The topological polar surface area (TPSA) is 34.0 Å². The largest absolute Gasteiger partial charge is 0.292 e.